The third-order valence-corrected chi connectivity index (χ3v) is 19.9. The van der Waals surface area contributed by atoms with Gasteiger partial charge in [0.1, 0.15) is 60.4 Å². The topological polar surface area (TPSA) is 471 Å². The number of halogens is 1. The lowest BCUT2D eigenvalue weighted by Gasteiger charge is -2.31. The molecule has 19 N–H and O–H groups in total. The fourth-order valence-electron chi connectivity index (χ4n) is 13.6. The Morgan fingerprint density at radius 2 is 1.08 bits per heavy atom. The van der Waals surface area contributed by atoms with Gasteiger partial charge >= 0.3 is 0 Å². The number of imidazole rings is 1. The first-order valence-electron chi connectivity index (χ1n) is 37.4. The molecule has 11 amide bonds. The summed E-state index contributed by atoms with van der Waals surface area (Å²) in [6, 6.07) is 20.6. The number of aromatic amines is 3. The number of rotatable bonds is 40. The van der Waals surface area contributed by atoms with E-state index in [0.29, 0.717) is 76.2 Å². The number of unbranched alkanes of at least 4 members (excludes halogenated alkanes) is 1. The number of aromatic nitrogens is 4. The molecule has 0 spiro atoms. The summed E-state index contributed by atoms with van der Waals surface area (Å²) < 4.78 is 0. The number of nitrogens with zero attached hydrogens (tertiary/aromatic N) is 3. The fraction of sp³-hybridized carbons (Fsp3) is 0.405. The van der Waals surface area contributed by atoms with Gasteiger partial charge in [-0.05, 0) is 130 Å². The average molecular weight is 1540 g/mol. The molecule has 111 heavy (non-hydrogen) atoms. The molecule has 4 heterocycles. The number of carbonyl (C=O) groups excluding carboxylic acids is 11. The van der Waals surface area contributed by atoms with Crippen LogP contribution in [-0.4, -0.2) is 206 Å². The Balaban J connectivity index is 0.984. The summed E-state index contributed by atoms with van der Waals surface area (Å²) >= 11 is 6.29. The molecule has 1 saturated heterocycles. The third kappa shape index (κ3) is 23.4. The molecule has 1 unspecified atom stereocenters. The molecule has 0 aliphatic carbocycles. The Morgan fingerprint density at radius 1 is 0.586 bits per heavy atom. The number of amides is 11. The molecule has 9 rings (SSSR count). The number of hydrogen-bond donors (Lipinski definition) is 17. The highest BCUT2D eigenvalue weighted by atomic mass is 35.5. The molecule has 8 aromatic rings. The molecule has 5 aromatic carbocycles. The Bertz CT molecular complexity index is 4570. The van der Waals surface area contributed by atoms with Crippen molar-refractivity contribution in [3.05, 3.63) is 173 Å². The van der Waals surface area contributed by atoms with Gasteiger partial charge in [-0.1, -0.05) is 103 Å². The number of fused-ring (bicyclic) bond motifs is 3. The number of hydrogen-bond acceptors (Lipinski definition) is 15. The minimum Gasteiger partial charge on any atom is -0.394 e. The smallest absolute Gasteiger partial charge is 0.245 e. The van der Waals surface area contributed by atoms with Gasteiger partial charge in [-0.3, -0.25) is 58.1 Å². The number of aliphatic hydroxyl groups excluding tert-OH is 1. The Labute approximate surface area is 647 Å². The van der Waals surface area contributed by atoms with Gasteiger partial charge in [0.05, 0.1) is 12.9 Å². The molecule has 3 aromatic heterocycles. The van der Waals surface area contributed by atoms with Crippen LogP contribution in [0.1, 0.15) is 101 Å². The predicted molar refractivity (Wildman–Crippen MR) is 420 cm³/mol. The quantitative estimate of drug-likeness (QED) is 0.0149. The standard InChI is InChI=1S/C79H100ClN19O12/c1-5-98(6-2)79(83)85-33-15-24-60(70(103)94-64(38-52-41-86-58-21-11-9-19-56(52)58)73(106)92-61(23-13-14-32-81)78(111)99-34-16-25-68(99)77(110)89-46(3)69(82)102)91-75(108)66(40-55-43-84-45-88-55)96-76(109)67(44-100)97-74(107)65(39-53-42-87-59-22-12-10-20-57(53)59)95-72(105)63(36-48-27-30-54(80)31-28-48)93-71(104)62(90-47(4)101)37-49-26-29-50-17-7-8-18-51(50)35-49/h7-12,17-22,26-31,35,41-43,45-46,60-68,86-87,100H,5-6,13-16,23-25,32-34,36-40,44,81H2,1-4H3,(H2,82,102)(H2,83,85)(H,84,88)(H,89,110)(H,90,101)(H,91,108)(H,92,106)(H,93,104)(H,94,103)(H,95,105)(H,96,109)(H,97,107)/t46-,60?,61+,62-,63-,64+,65-,66+,67+,68+/m1/s1. The van der Waals surface area contributed by atoms with Crippen LogP contribution in [0.5, 0.6) is 0 Å². The SMILES string of the molecule is CCN(CC)C(=N)NCCCC(NC(=O)[C@H](Cc1cnc[nH]1)NC(=O)[C@H](CO)NC(=O)[C@@H](Cc1c[nH]c2ccccc12)NC(=O)[C@@H](Cc1ccc(Cl)cc1)NC(=O)[C@@H](Cc1ccc2ccccc2c1)NC(C)=O)C(=O)N[C@@H](Cc1c[nH]c2ccccc12)C(=O)N[C@@H](CCCCN)C(=O)N1CCC[C@H]1C(=O)N[C@H](C)C(N)=O. The molecular formula is C79H100ClN19O12. The lowest BCUT2D eigenvalue weighted by molar-refractivity contribution is -0.142. The first-order chi connectivity index (χ1) is 53.4. The average Bonchev–Trinajstić information content (AvgIpc) is 1.73. The van der Waals surface area contributed by atoms with Crippen molar-refractivity contribution >= 4 is 115 Å². The van der Waals surface area contributed by atoms with Gasteiger partial charge in [-0.2, -0.15) is 0 Å². The van der Waals surface area contributed by atoms with Gasteiger partial charge in [-0.25, -0.2) is 4.98 Å². The molecule has 1 aliphatic heterocycles. The maximum atomic E-state index is 15.3. The van der Waals surface area contributed by atoms with E-state index in [1.165, 1.54) is 31.3 Å². The van der Waals surface area contributed by atoms with Crippen molar-refractivity contribution < 1.29 is 57.8 Å². The van der Waals surface area contributed by atoms with Gasteiger partial charge in [-0.15, -0.1) is 0 Å². The summed E-state index contributed by atoms with van der Waals surface area (Å²) in [5.41, 5.74) is 15.5. The van der Waals surface area contributed by atoms with E-state index in [4.69, 9.17) is 28.5 Å². The normalized spacial score (nSPS) is 15.1. The van der Waals surface area contributed by atoms with E-state index in [9.17, 15) is 33.9 Å². The fourth-order valence-corrected chi connectivity index (χ4v) is 13.7. The summed E-state index contributed by atoms with van der Waals surface area (Å²) in [5.74, 6) is -8.59. The minimum atomic E-state index is -1.82. The molecule has 0 bridgehead atoms. The van der Waals surface area contributed by atoms with Crippen LogP contribution in [0.4, 0.5) is 0 Å². The number of nitrogens with one attached hydrogen (secondary N) is 14. The molecule has 0 saturated carbocycles. The summed E-state index contributed by atoms with van der Waals surface area (Å²) in [4.78, 5) is 175. The van der Waals surface area contributed by atoms with Crippen LogP contribution in [0, 0.1) is 5.41 Å². The molecule has 0 radical (unpaired) electrons. The lowest BCUT2D eigenvalue weighted by Crippen LogP contribution is -2.61. The minimum absolute atomic E-state index is 0.0374. The zero-order valence-corrected chi connectivity index (χ0v) is 63.3. The van der Waals surface area contributed by atoms with E-state index in [1.807, 2.05) is 80.6 Å². The lowest BCUT2D eigenvalue weighted by atomic mass is 9.99. The van der Waals surface area contributed by atoms with Crippen LogP contribution in [0.25, 0.3) is 32.6 Å². The van der Waals surface area contributed by atoms with Crippen molar-refractivity contribution in [1.29, 1.82) is 5.41 Å². The number of para-hydroxylation sites is 2. The maximum absolute atomic E-state index is 15.3. The largest absolute Gasteiger partial charge is 0.394 e. The van der Waals surface area contributed by atoms with Crippen molar-refractivity contribution in [2.24, 2.45) is 11.5 Å². The number of aliphatic hydroxyl groups is 1. The van der Waals surface area contributed by atoms with E-state index in [-0.39, 0.29) is 83.4 Å². The van der Waals surface area contributed by atoms with Gasteiger partial charge in [0, 0.05) is 116 Å². The molecule has 1 fully saturated rings. The van der Waals surface area contributed by atoms with Gasteiger partial charge in [0.25, 0.3) is 0 Å². The number of likely N-dealkylation sites (tertiary alicyclic amines) is 1. The Morgan fingerprint density at radius 3 is 1.64 bits per heavy atom. The second-order valence-electron chi connectivity index (χ2n) is 27.7. The number of nitrogens with two attached hydrogens (primary N) is 2. The summed E-state index contributed by atoms with van der Waals surface area (Å²) in [7, 11) is 0. The molecular weight excluding hydrogens is 1440 g/mol. The van der Waals surface area contributed by atoms with Crippen molar-refractivity contribution in [3.8, 4) is 0 Å². The van der Waals surface area contributed by atoms with E-state index < -0.39 is 132 Å². The Kier molecular flexibility index (Phi) is 30.5. The number of benzene rings is 5. The van der Waals surface area contributed by atoms with E-state index >= 15 is 24.0 Å². The molecule has 31 nitrogen and oxygen atoms in total. The van der Waals surface area contributed by atoms with Crippen molar-refractivity contribution in [2.45, 2.75) is 165 Å². The summed E-state index contributed by atoms with van der Waals surface area (Å²) in [6.45, 7) is 7.02. The summed E-state index contributed by atoms with van der Waals surface area (Å²) in [6.07, 6.45) is 6.98. The predicted octanol–water partition coefficient (Wildman–Crippen LogP) is 2.34. The van der Waals surface area contributed by atoms with Crippen LogP contribution in [0.3, 0.4) is 0 Å². The summed E-state index contributed by atoms with van der Waals surface area (Å²) in [5, 5.41) is 51.2. The third-order valence-electron chi connectivity index (χ3n) is 19.7. The van der Waals surface area contributed by atoms with Crippen LogP contribution in [0.15, 0.2) is 140 Å². The van der Waals surface area contributed by atoms with Crippen molar-refractivity contribution in [1.82, 2.24) is 82.9 Å². The second kappa shape index (κ2) is 40.7. The van der Waals surface area contributed by atoms with Gasteiger partial charge < -0.3 is 94.5 Å². The van der Waals surface area contributed by atoms with Gasteiger partial charge in [0.2, 0.25) is 65.0 Å². The highest BCUT2D eigenvalue weighted by Gasteiger charge is 2.41. The number of H-pyrrole nitrogens is 3. The van der Waals surface area contributed by atoms with Crippen molar-refractivity contribution in [2.75, 3.05) is 39.3 Å². The van der Waals surface area contributed by atoms with Crippen LogP contribution >= 0.6 is 11.6 Å². The zero-order chi connectivity index (χ0) is 79.7. The number of carbonyl (C=O) groups is 11. The Hall–Kier alpha value is -11.7. The highest BCUT2D eigenvalue weighted by Crippen LogP contribution is 2.25. The molecule has 32 heteroatoms. The monoisotopic (exact) mass is 1540 g/mol. The number of guanidine groups is 1. The first kappa shape index (κ1) is 83.3. The van der Waals surface area contributed by atoms with Crippen LogP contribution in [-0.2, 0) is 84.8 Å². The highest BCUT2D eigenvalue weighted by molar-refractivity contribution is 6.30. The van der Waals surface area contributed by atoms with Crippen LogP contribution in [0.2, 0.25) is 5.02 Å². The maximum Gasteiger partial charge on any atom is 0.245 e. The number of primary amides is 1. The second-order valence-corrected chi connectivity index (χ2v) is 28.1. The molecule has 1 aliphatic rings. The van der Waals surface area contributed by atoms with E-state index in [1.54, 1.807) is 65.8 Å². The van der Waals surface area contributed by atoms with Crippen molar-refractivity contribution in [3.63, 3.8) is 0 Å². The molecule has 590 valence electrons. The zero-order valence-electron chi connectivity index (χ0n) is 62.6. The first-order valence-corrected chi connectivity index (χ1v) is 37.8. The molecule has 10 atom stereocenters. The van der Waals surface area contributed by atoms with Gasteiger partial charge in [0.15, 0.2) is 5.96 Å². The van der Waals surface area contributed by atoms with Crippen LogP contribution < -0.4 is 64.6 Å². The van der Waals surface area contributed by atoms with E-state index in [2.05, 4.69) is 73.1 Å². The van der Waals surface area contributed by atoms with E-state index in [0.717, 1.165) is 21.7 Å².